The summed E-state index contributed by atoms with van der Waals surface area (Å²) < 4.78 is 10.6. The molecule has 1 fully saturated rings. The fraction of sp³-hybridized carbons (Fsp3) is 0.667. The number of ether oxygens (including phenoxy) is 2. The summed E-state index contributed by atoms with van der Waals surface area (Å²) >= 11 is 1.59. The van der Waals surface area contributed by atoms with Crippen molar-refractivity contribution in [2.24, 2.45) is 0 Å². The number of carbonyl (C=O) groups is 1. The second-order valence-corrected chi connectivity index (χ2v) is 5.17. The summed E-state index contributed by atoms with van der Waals surface area (Å²) in [6.45, 7) is 6.23. The molecule has 0 radical (unpaired) electrons. The summed E-state index contributed by atoms with van der Waals surface area (Å²) in [6, 6.07) is -0.0725. The minimum absolute atomic E-state index is 0.0100. The lowest BCUT2D eigenvalue weighted by atomic mass is 10.1. The smallest absolute Gasteiger partial charge is 0.249 e. The Bertz CT molecular complexity index is 408. The van der Waals surface area contributed by atoms with E-state index in [9.17, 15) is 4.79 Å². The first-order chi connectivity index (χ1) is 8.72. The van der Waals surface area contributed by atoms with Gasteiger partial charge < -0.3 is 14.4 Å². The van der Waals surface area contributed by atoms with E-state index >= 15 is 0 Å². The van der Waals surface area contributed by atoms with Gasteiger partial charge in [0.1, 0.15) is 6.61 Å². The van der Waals surface area contributed by atoms with E-state index in [0.717, 1.165) is 10.7 Å². The molecule has 0 aliphatic carbocycles. The quantitative estimate of drug-likeness (QED) is 0.829. The summed E-state index contributed by atoms with van der Waals surface area (Å²) in [5.41, 5.74) is 0.919. The third-order valence-electron chi connectivity index (χ3n) is 2.86. The number of carbonyl (C=O) groups excluding carboxylic acids is 1. The van der Waals surface area contributed by atoms with Crippen molar-refractivity contribution in [1.29, 1.82) is 0 Å². The number of thiazole rings is 1. The van der Waals surface area contributed by atoms with Crippen LogP contribution in [0.1, 0.15) is 23.7 Å². The van der Waals surface area contributed by atoms with Crippen molar-refractivity contribution in [1.82, 2.24) is 9.88 Å². The first kappa shape index (κ1) is 13.5. The van der Waals surface area contributed by atoms with Gasteiger partial charge in [-0.2, -0.15) is 0 Å². The van der Waals surface area contributed by atoms with Crippen molar-refractivity contribution < 1.29 is 14.3 Å². The number of rotatable bonds is 4. The van der Waals surface area contributed by atoms with Gasteiger partial charge in [-0.1, -0.05) is 0 Å². The lowest BCUT2D eigenvalue weighted by Crippen LogP contribution is -2.45. The number of hydrogen-bond acceptors (Lipinski definition) is 5. The van der Waals surface area contributed by atoms with E-state index in [0.29, 0.717) is 26.4 Å². The van der Waals surface area contributed by atoms with Crippen LogP contribution in [0, 0.1) is 6.92 Å². The third kappa shape index (κ3) is 3.07. The van der Waals surface area contributed by atoms with Gasteiger partial charge in [0.15, 0.2) is 0 Å². The van der Waals surface area contributed by atoms with Crippen LogP contribution in [0.5, 0.6) is 0 Å². The van der Waals surface area contributed by atoms with Crippen LogP contribution in [0.4, 0.5) is 0 Å². The minimum Gasteiger partial charge on any atom is -0.377 e. The molecule has 1 saturated heterocycles. The molecule has 1 aliphatic heterocycles. The zero-order chi connectivity index (χ0) is 13.0. The van der Waals surface area contributed by atoms with Crippen molar-refractivity contribution in [2.45, 2.75) is 19.9 Å². The molecule has 18 heavy (non-hydrogen) atoms. The van der Waals surface area contributed by atoms with E-state index in [1.54, 1.807) is 11.3 Å². The summed E-state index contributed by atoms with van der Waals surface area (Å²) in [7, 11) is 0. The Morgan fingerprint density at radius 1 is 1.72 bits per heavy atom. The van der Waals surface area contributed by atoms with Crippen LogP contribution in [-0.2, 0) is 14.3 Å². The van der Waals surface area contributed by atoms with Crippen LogP contribution in [0.15, 0.2) is 5.38 Å². The van der Waals surface area contributed by atoms with Crippen LogP contribution in [0.2, 0.25) is 0 Å². The number of aromatic nitrogens is 1. The van der Waals surface area contributed by atoms with Gasteiger partial charge in [0.25, 0.3) is 0 Å². The van der Waals surface area contributed by atoms with E-state index in [1.807, 2.05) is 24.1 Å². The number of nitrogens with zero attached hydrogens (tertiary/aromatic N) is 2. The standard InChI is InChI=1S/C12H18N2O3S/c1-3-16-7-12(15)14-4-5-17-6-11(14)10-8-18-9(2)13-10/h8,11H,3-7H2,1-2H3. The van der Waals surface area contributed by atoms with Gasteiger partial charge >= 0.3 is 0 Å². The highest BCUT2D eigenvalue weighted by Crippen LogP contribution is 2.25. The number of amides is 1. The maximum Gasteiger partial charge on any atom is 0.249 e. The lowest BCUT2D eigenvalue weighted by Gasteiger charge is -2.34. The summed E-state index contributed by atoms with van der Waals surface area (Å²) in [5.74, 6) is 0.0100. The Morgan fingerprint density at radius 3 is 3.22 bits per heavy atom. The average molecular weight is 270 g/mol. The Labute approximate surface area is 111 Å². The molecule has 100 valence electrons. The van der Waals surface area contributed by atoms with E-state index in [1.165, 1.54) is 0 Å². The molecule has 1 amide bonds. The Morgan fingerprint density at radius 2 is 2.56 bits per heavy atom. The van der Waals surface area contributed by atoms with E-state index in [-0.39, 0.29) is 18.6 Å². The molecular formula is C12H18N2O3S. The fourth-order valence-electron chi connectivity index (χ4n) is 1.95. The molecule has 0 N–H and O–H groups in total. The molecule has 5 nitrogen and oxygen atoms in total. The van der Waals surface area contributed by atoms with Crippen molar-refractivity contribution in [2.75, 3.05) is 33.0 Å². The molecule has 0 spiro atoms. The molecule has 2 heterocycles. The second kappa shape index (κ2) is 6.26. The fourth-order valence-corrected chi connectivity index (χ4v) is 2.61. The molecule has 1 aromatic rings. The molecule has 2 rings (SSSR count). The van der Waals surface area contributed by atoms with E-state index in [2.05, 4.69) is 4.98 Å². The zero-order valence-corrected chi connectivity index (χ0v) is 11.5. The van der Waals surface area contributed by atoms with Gasteiger partial charge in [-0.25, -0.2) is 4.98 Å². The highest BCUT2D eigenvalue weighted by molar-refractivity contribution is 7.09. The van der Waals surface area contributed by atoms with E-state index in [4.69, 9.17) is 9.47 Å². The van der Waals surface area contributed by atoms with Crippen LogP contribution in [0.25, 0.3) is 0 Å². The molecule has 1 atom stereocenters. The van der Waals surface area contributed by atoms with E-state index < -0.39 is 0 Å². The van der Waals surface area contributed by atoms with Crippen molar-refractivity contribution in [3.8, 4) is 0 Å². The first-order valence-electron chi connectivity index (χ1n) is 6.09. The van der Waals surface area contributed by atoms with Gasteiger partial charge in [-0.15, -0.1) is 11.3 Å². The number of aryl methyl sites for hydroxylation is 1. The molecule has 0 saturated carbocycles. The maximum absolute atomic E-state index is 12.1. The third-order valence-corrected chi connectivity index (χ3v) is 3.65. The predicted molar refractivity (Wildman–Crippen MR) is 68.6 cm³/mol. The Hall–Kier alpha value is -0.980. The normalized spacial score (nSPS) is 20.1. The van der Waals surface area contributed by atoms with Crippen LogP contribution < -0.4 is 0 Å². The number of morpholine rings is 1. The summed E-state index contributed by atoms with van der Waals surface area (Å²) in [6.07, 6.45) is 0. The summed E-state index contributed by atoms with van der Waals surface area (Å²) in [4.78, 5) is 18.3. The SMILES string of the molecule is CCOCC(=O)N1CCOCC1c1csc(C)n1. The van der Waals surface area contributed by atoms with Crippen molar-refractivity contribution >= 4 is 17.2 Å². The minimum atomic E-state index is -0.0725. The monoisotopic (exact) mass is 270 g/mol. The Kier molecular flexibility index (Phi) is 4.68. The molecule has 1 aliphatic rings. The van der Waals surface area contributed by atoms with Gasteiger partial charge in [0, 0.05) is 18.5 Å². The van der Waals surface area contributed by atoms with Gasteiger partial charge in [-0.3, -0.25) is 4.79 Å². The lowest BCUT2D eigenvalue weighted by molar-refractivity contribution is -0.145. The largest absolute Gasteiger partial charge is 0.377 e. The van der Waals surface area contributed by atoms with Gasteiger partial charge in [0.2, 0.25) is 5.91 Å². The molecular weight excluding hydrogens is 252 g/mol. The molecule has 1 aromatic heterocycles. The van der Waals surface area contributed by atoms with Crippen LogP contribution >= 0.6 is 11.3 Å². The molecule has 0 aromatic carbocycles. The summed E-state index contributed by atoms with van der Waals surface area (Å²) in [5, 5.41) is 3.00. The molecule has 6 heteroatoms. The number of hydrogen-bond donors (Lipinski definition) is 0. The van der Waals surface area contributed by atoms with Crippen molar-refractivity contribution in [3.05, 3.63) is 16.1 Å². The molecule has 1 unspecified atom stereocenters. The molecule has 0 bridgehead atoms. The average Bonchev–Trinajstić information content (AvgIpc) is 2.82. The van der Waals surface area contributed by atoms with Gasteiger partial charge in [-0.05, 0) is 13.8 Å². The van der Waals surface area contributed by atoms with Crippen molar-refractivity contribution in [3.63, 3.8) is 0 Å². The highest BCUT2D eigenvalue weighted by atomic mass is 32.1. The van der Waals surface area contributed by atoms with Crippen LogP contribution in [0.3, 0.4) is 0 Å². The topological polar surface area (TPSA) is 51.7 Å². The maximum atomic E-state index is 12.1. The highest BCUT2D eigenvalue weighted by Gasteiger charge is 2.29. The zero-order valence-electron chi connectivity index (χ0n) is 10.7. The Balaban J connectivity index is 2.08. The van der Waals surface area contributed by atoms with Gasteiger partial charge in [0.05, 0.1) is 30.0 Å². The van der Waals surface area contributed by atoms with Crippen LogP contribution in [-0.4, -0.2) is 48.8 Å². The second-order valence-electron chi connectivity index (χ2n) is 4.11. The first-order valence-corrected chi connectivity index (χ1v) is 6.97. The predicted octanol–water partition coefficient (Wildman–Crippen LogP) is 1.39.